The molecule has 3 aromatic rings. The molecule has 3 heterocycles. The summed E-state index contributed by atoms with van der Waals surface area (Å²) in [5.74, 6) is -0.391. The van der Waals surface area contributed by atoms with Crippen LogP contribution in [-0.4, -0.2) is 34.4 Å². The van der Waals surface area contributed by atoms with Gasteiger partial charge in [0.1, 0.15) is 5.54 Å². The topological polar surface area (TPSA) is 106 Å². The molecule has 0 spiro atoms. The monoisotopic (exact) mass is 495 g/mol. The smallest absolute Gasteiger partial charge is 0.322 e. The minimum Gasteiger partial charge on any atom is -0.358 e. The zero-order valence-electron chi connectivity index (χ0n) is 17.4. The van der Waals surface area contributed by atoms with Gasteiger partial charge in [-0.25, -0.2) is 9.59 Å². The van der Waals surface area contributed by atoms with Gasteiger partial charge in [0.25, 0.3) is 5.91 Å². The van der Waals surface area contributed by atoms with Crippen LogP contribution in [-0.2, 0) is 29.8 Å². The number of urea groups is 2. The van der Waals surface area contributed by atoms with Crippen LogP contribution in [0.3, 0.4) is 0 Å². The minimum atomic E-state index is -1.12. The lowest BCUT2D eigenvalue weighted by Crippen LogP contribution is -2.42. The number of hydrogen-bond acceptors (Lipinski definition) is 3. The molecule has 1 fully saturated rings. The summed E-state index contributed by atoms with van der Waals surface area (Å²) in [6.45, 7) is 3.16. The number of fused-ring (bicyclic) bond motifs is 3. The van der Waals surface area contributed by atoms with E-state index in [2.05, 4.69) is 42.9 Å². The number of H-pyrrole nitrogens is 1. The number of halogens is 1. The lowest BCUT2D eigenvalue weighted by Gasteiger charge is -2.27. The van der Waals surface area contributed by atoms with E-state index in [1.54, 1.807) is 13.0 Å². The van der Waals surface area contributed by atoms with Gasteiger partial charge >= 0.3 is 12.1 Å². The van der Waals surface area contributed by atoms with E-state index in [4.69, 9.17) is 0 Å². The van der Waals surface area contributed by atoms with Crippen molar-refractivity contribution in [1.29, 1.82) is 0 Å². The van der Waals surface area contributed by atoms with Crippen molar-refractivity contribution >= 4 is 44.8 Å². The normalized spacial score (nSPS) is 20.1. The molecule has 2 aliphatic rings. The molecule has 0 aliphatic carbocycles. The SMILES string of the molecule is CC1(c2cccc(CNC(=O)N3CCc4[nH]c5ccc(Br)cc5c4C3)c2)NC(=O)NC1=O. The average Bonchev–Trinajstić information content (AvgIpc) is 3.27. The maximum Gasteiger partial charge on any atom is 0.322 e. The summed E-state index contributed by atoms with van der Waals surface area (Å²) in [6, 6.07) is 12.8. The number of carbonyl (C=O) groups excluding carboxylic acids is 3. The first-order valence-corrected chi connectivity index (χ1v) is 11.2. The number of benzene rings is 2. The average molecular weight is 496 g/mol. The van der Waals surface area contributed by atoms with E-state index in [1.807, 2.05) is 35.2 Å². The number of rotatable bonds is 3. The summed E-state index contributed by atoms with van der Waals surface area (Å²) in [6.07, 6.45) is 0.775. The molecule has 5 rings (SSSR count). The Morgan fingerprint density at radius 2 is 2.06 bits per heavy atom. The van der Waals surface area contributed by atoms with Gasteiger partial charge in [-0.2, -0.15) is 0 Å². The van der Waals surface area contributed by atoms with Crippen LogP contribution in [0.25, 0.3) is 10.9 Å². The number of hydrogen-bond donors (Lipinski definition) is 4. The van der Waals surface area contributed by atoms with Crippen LogP contribution in [0, 0.1) is 0 Å². The number of aromatic nitrogens is 1. The summed E-state index contributed by atoms with van der Waals surface area (Å²) < 4.78 is 1.01. The fourth-order valence-corrected chi connectivity index (χ4v) is 4.75. The van der Waals surface area contributed by atoms with Crippen molar-refractivity contribution in [2.24, 2.45) is 0 Å². The molecule has 1 aromatic heterocycles. The number of carbonyl (C=O) groups is 3. The van der Waals surface area contributed by atoms with Crippen LogP contribution in [0.2, 0.25) is 0 Å². The molecular weight excluding hydrogens is 474 g/mol. The Kier molecular flexibility index (Phi) is 4.93. The number of nitrogens with one attached hydrogen (secondary N) is 4. The first-order chi connectivity index (χ1) is 15.3. The fraction of sp³-hybridized carbons (Fsp3) is 0.261. The van der Waals surface area contributed by atoms with Crippen LogP contribution in [0.1, 0.15) is 29.3 Å². The highest BCUT2D eigenvalue weighted by Crippen LogP contribution is 2.30. The van der Waals surface area contributed by atoms with Crippen LogP contribution in [0.5, 0.6) is 0 Å². The van der Waals surface area contributed by atoms with E-state index < -0.39 is 17.5 Å². The molecule has 1 unspecified atom stereocenters. The second kappa shape index (κ2) is 7.67. The number of amides is 5. The van der Waals surface area contributed by atoms with Crippen molar-refractivity contribution in [3.05, 3.63) is 69.3 Å². The Labute approximate surface area is 192 Å². The Morgan fingerprint density at radius 1 is 1.22 bits per heavy atom. The molecule has 9 heteroatoms. The van der Waals surface area contributed by atoms with Gasteiger partial charge in [0, 0.05) is 52.7 Å². The van der Waals surface area contributed by atoms with E-state index in [0.717, 1.165) is 32.9 Å². The number of aromatic amines is 1. The summed E-state index contributed by atoms with van der Waals surface area (Å²) in [4.78, 5) is 41.9. The van der Waals surface area contributed by atoms with Crippen LogP contribution in [0.4, 0.5) is 9.59 Å². The zero-order chi connectivity index (χ0) is 22.5. The fourth-order valence-electron chi connectivity index (χ4n) is 4.39. The lowest BCUT2D eigenvalue weighted by molar-refractivity contribution is -0.123. The molecule has 0 bridgehead atoms. The Bertz CT molecular complexity index is 1270. The van der Waals surface area contributed by atoms with E-state index in [9.17, 15) is 14.4 Å². The Balaban J connectivity index is 1.28. The summed E-state index contributed by atoms with van der Waals surface area (Å²) in [5, 5.41) is 9.04. The first kappa shape index (κ1) is 20.6. The molecule has 2 aliphatic heterocycles. The molecular formula is C23H22BrN5O3. The second-order valence-corrected chi connectivity index (χ2v) is 9.25. The van der Waals surface area contributed by atoms with Gasteiger partial charge in [-0.3, -0.25) is 10.1 Å². The molecule has 0 saturated carbocycles. The predicted octanol–water partition coefficient (Wildman–Crippen LogP) is 3.25. The van der Waals surface area contributed by atoms with Crippen molar-refractivity contribution in [2.75, 3.05) is 6.54 Å². The molecule has 2 aromatic carbocycles. The molecule has 5 amide bonds. The quantitative estimate of drug-likeness (QED) is 0.419. The summed E-state index contributed by atoms with van der Waals surface area (Å²) in [7, 11) is 0. The third kappa shape index (κ3) is 3.52. The van der Waals surface area contributed by atoms with E-state index in [-0.39, 0.29) is 6.03 Å². The van der Waals surface area contributed by atoms with Crippen molar-refractivity contribution in [3.63, 3.8) is 0 Å². The molecule has 0 radical (unpaired) electrons. The van der Waals surface area contributed by atoms with Gasteiger partial charge in [0.15, 0.2) is 0 Å². The van der Waals surface area contributed by atoms with Crippen LogP contribution in [0.15, 0.2) is 46.9 Å². The van der Waals surface area contributed by atoms with E-state index >= 15 is 0 Å². The zero-order valence-corrected chi connectivity index (χ0v) is 19.0. The highest BCUT2D eigenvalue weighted by atomic mass is 79.9. The van der Waals surface area contributed by atoms with Gasteiger partial charge in [-0.05, 0) is 36.2 Å². The van der Waals surface area contributed by atoms with E-state index in [1.165, 1.54) is 5.69 Å². The second-order valence-electron chi connectivity index (χ2n) is 8.34. The minimum absolute atomic E-state index is 0.136. The molecule has 32 heavy (non-hydrogen) atoms. The predicted molar refractivity (Wildman–Crippen MR) is 123 cm³/mol. The van der Waals surface area contributed by atoms with Crippen LogP contribution < -0.4 is 16.0 Å². The maximum absolute atomic E-state index is 12.9. The van der Waals surface area contributed by atoms with Gasteiger partial charge in [0.2, 0.25) is 0 Å². The molecule has 4 N–H and O–H groups in total. The maximum atomic E-state index is 12.9. The molecule has 164 valence electrons. The summed E-state index contributed by atoms with van der Waals surface area (Å²) >= 11 is 3.53. The van der Waals surface area contributed by atoms with Crippen molar-refractivity contribution in [3.8, 4) is 0 Å². The van der Waals surface area contributed by atoms with Crippen molar-refractivity contribution < 1.29 is 14.4 Å². The highest BCUT2D eigenvalue weighted by molar-refractivity contribution is 9.10. The standard InChI is InChI=1S/C23H22BrN5O3/c1-23(20(30)27-21(31)28-23)14-4-2-3-13(9-14)11-25-22(32)29-8-7-19-17(12-29)16-10-15(24)5-6-18(16)26-19/h2-6,9-10,26H,7-8,11-12H2,1H3,(H,25,32)(H2,27,28,30,31). The molecule has 1 saturated heterocycles. The van der Waals surface area contributed by atoms with E-state index in [0.29, 0.717) is 25.2 Å². The van der Waals surface area contributed by atoms with Crippen molar-refractivity contribution in [1.82, 2.24) is 25.8 Å². The molecule has 1 atom stereocenters. The van der Waals surface area contributed by atoms with Gasteiger partial charge in [0.05, 0.1) is 0 Å². The number of imide groups is 1. The third-order valence-electron chi connectivity index (χ3n) is 6.22. The van der Waals surface area contributed by atoms with Gasteiger partial charge in [-0.1, -0.05) is 40.2 Å². The highest BCUT2D eigenvalue weighted by Gasteiger charge is 2.43. The van der Waals surface area contributed by atoms with Gasteiger partial charge in [-0.15, -0.1) is 0 Å². The molecule has 8 nitrogen and oxygen atoms in total. The van der Waals surface area contributed by atoms with Crippen LogP contribution >= 0.6 is 15.9 Å². The third-order valence-corrected chi connectivity index (χ3v) is 6.71. The Hall–Kier alpha value is -3.33. The number of nitrogens with zero attached hydrogens (tertiary/aromatic N) is 1. The first-order valence-electron chi connectivity index (χ1n) is 10.4. The summed E-state index contributed by atoms with van der Waals surface area (Å²) in [5.41, 5.74) is 3.80. The van der Waals surface area contributed by atoms with Gasteiger partial charge < -0.3 is 20.5 Å². The van der Waals surface area contributed by atoms with Crippen molar-refractivity contribution in [2.45, 2.75) is 32.0 Å². The largest absolute Gasteiger partial charge is 0.358 e. The Morgan fingerprint density at radius 3 is 2.84 bits per heavy atom. The lowest BCUT2D eigenvalue weighted by atomic mass is 9.91.